The van der Waals surface area contributed by atoms with Crippen LogP contribution < -0.4 is 5.14 Å². The molecule has 0 unspecified atom stereocenters. The molecule has 0 radical (unpaired) electrons. The van der Waals surface area contributed by atoms with Crippen molar-refractivity contribution in [2.45, 2.75) is 37.9 Å². The van der Waals surface area contributed by atoms with Gasteiger partial charge in [-0.3, -0.25) is 4.57 Å². The predicted molar refractivity (Wildman–Crippen MR) is 56.1 cm³/mol. The minimum absolute atomic E-state index is 0.281. The van der Waals surface area contributed by atoms with Gasteiger partial charge in [-0.2, -0.15) is 8.78 Å². The van der Waals surface area contributed by atoms with Crippen molar-refractivity contribution in [3.63, 3.8) is 0 Å². The van der Waals surface area contributed by atoms with E-state index < -0.39 is 33.4 Å². The summed E-state index contributed by atoms with van der Waals surface area (Å²) in [6.07, 6.45) is -4.03. The molecule has 0 atom stereocenters. The summed E-state index contributed by atoms with van der Waals surface area (Å²) in [7, 11) is -4.43. The second-order valence-corrected chi connectivity index (χ2v) is 5.73. The SMILES string of the molecule is CC(C)Cn1c(C(F)(F)C(F)F)nnc1S(N)(=O)=O. The molecular formula is C8H12F4N4O2S. The number of nitrogens with two attached hydrogens (primary N) is 1. The van der Waals surface area contributed by atoms with Crippen molar-refractivity contribution >= 4 is 10.0 Å². The Morgan fingerprint density at radius 1 is 1.32 bits per heavy atom. The summed E-state index contributed by atoms with van der Waals surface area (Å²) in [6, 6.07) is 0. The van der Waals surface area contributed by atoms with Crippen molar-refractivity contribution in [3.8, 4) is 0 Å². The van der Waals surface area contributed by atoms with Crippen LogP contribution in [0.15, 0.2) is 5.16 Å². The van der Waals surface area contributed by atoms with Gasteiger partial charge in [0.25, 0.3) is 15.2 Å². The van der Waals surface area contributed by atoms with Gasteiger partial charge in [0.15, 0.2) is 0 Å². The summed E-state index contributed by atoms with van der Waals surface area (Å²) in [4.78, 5) is 0. The van der Waals surface area contributed by atoms with Gasteiger partial charge < -0.3 is 0 Å². The van der Waals surface area contributed by atoms with Gasteiger partial charge in [-0.1, -0.05) is 13.8 Å². The summed E-state index contributed by atoms with van der Waals surface area (Å²) in [5.74, 6) is -6.32. The molecule has 1 aromatic rings. The number of hydrogen-bond acceptors (Lipinski definition) is 4. The van der Waals surface area contributed by atoms with Crippen LogP contribution in [0, 0.1) is 5.92 Å². The second kappa shape index (κ2) is 5.04. The van der Waals surface area contributed by atoms with Crippen LogP contribution in [-0.4, -0.2) is 29.6 Å². The fraction of sp³-hybridized carbons (Fsp3) is 0.750. The van der Waals surface area contributed by atoms with Crippen molar-refractivity contribution < 1.29 is 26.0 Å². The Hall–Kier alpha value is -1.23. The Labute approximate surface area is 106 Å². The number of rotatable bonds is 5. The molecule has 19 heavy (non-hydrogen) atoms. The van der Waals surface area contributed by atoms with Gasteiger partial charge in [-0.15, -0.1) is 10.2 Å². The standard InChI is InChI=1S/C8H12F4N4O2S/c1-4(2)3-16-6(8(11,12)5(9)10)14-15-7(16)19(13,17)18/h4-5H,3H2,1-2H3,(H2,13,17,18). The van der Waals surface area contributed by atoms with Gasteiger partial charge in [-0.05, 0) is 5.92 Å². The van der Waals surface area contributed by atoms with Gasteiger partial charge in [0.1, 0.15) is 0 Å². The van der Waals surface area contributed by atoms with E-state index in [0.29, 0.717) is 4.57 Å². The largest absolute Gasteiger partial charge is 0.365 e. The zero-order valence-electron chi connectivity index (χ0n) is 10.0. The third-order valence-corrected chi connectivity index (χ3v) is 2.90. The molecule has 0 fully saturated rings. The lowest BCUT2D eigenvalue weighted by molar-refractivity contribution is -0.143. The van der Waals surface area contributed by atoms with Crippen LogP contribution in [0.2, 0.25) is 0 Å². The fourth-order valence-electron chi connectivity index (χ4n) is 1.37. The Morgan fingerprint density at radius 3 is 2.21 bits per heavy atom. The lowest BCUT2D eigenvalue weighted by atomic mass is 10.2. The molecule has 2 N–H and O–H groups in total. The molecule has 1 rings (SSSR count). The summed E-state index contributed by atoms with van der Waals surface area (Å²) in [6.45, 7) is 2.88. The molecule has 0 aliphatic heterocycles. The van der Waals surface area contributed by atoms with Crippen molar-refractivity contribution in [1.29, 1.82) is 0 Å². The van der Waals surface area contributed by atoms with E-state index in [0.717, 1.165) is 0 Å². The number of alkyl halides is 4. The Bertz CT molecular complexity index is 555. The summed E-state index contributed by atoms with van der Waals surface area (Å²) in [5.41, 5.74) is 0. The van der Waals surface area contributed by atoms with Gasteiger partial charge in [-0.25, -0.2) is 22.3 Å². The maximum atomic E-state index is 13.3. The molecular weight excluding hydrogens is 292 g/mol. The fourth-order valence-corrected chi connectivity index (χ4v) is 2.00. The lowest BCUT2D eigenvalue weighted by Crippen LogP contribution is -2.30. The molecule has 0 spiro atoms. The minimum Gasteiger partial charge on any atom is -0.295 e. The molecule has 6 nitrogen and oxygen atoms in total. The zero-order valence-corrected chi connectivity index (χ0v) is 10.8. The zero-order chi connectivity index (χ0) is 15.0. The minimum atomic E-state index is -4.61. The highest BCUT2D eigenvalue weighted by Gasteiger charge is 2.48. The topological polar surface area (TPSA) is 90.9 Å². The molecule has 0 aliphatic carbocycles. The highest BCUT2D eigenvalue weighted by Crippen LogP contribution is 2.34. The average Bonchev–Trinajstić information content (AvgIpc) is 2.59. The molecule has 0 aliphatic rings. The number of sulfonamides is 1. The van der Waals surface area contributed by atoms with Gasteiger partial charge >= 0.3 is 12.3 Å². The molecule has 11 heteroatoms. The van der Waals surface area contributed by atoms with Crippen molar-refractivity contribution in [3.05, 3.63) is 5.82 Å². The highest BCUT2D eigenvalue weighted by atomic mass is 32.2. The van der Waals surface area contributed by atoms with Crippen molar-refractivity contribution in [1.82, 2.24) is 14.8 Å². The van der Waals surface area contributed by atoms with Gasteiger partial charge in [0.05, 0.1) is 0 Å². The van der Waals surface area contributed by atoms with Crippen LogP contribution in [0.3, 0.4) is 0 Å². The predicted octanol–water partition coefficient (Wildman–Crippen LogP) is 0.938. The Kier molecular flexibility index (Phi) is 4.20. The first kappa shape index (κ1) is 15.8. The first-order chi connectivity index (χ1) is 8.48. The Balaban J connectivity index is 3.47. The van der Waals surface area contributed by atoms with Crippen molar-refractivity contribution in [2.75, 3.05) is 0 Å². The highest BCUT2D eigenvalue weighted by molar-refractivity contribution is 7.89. The number of hydrogen-bond donors (Lipinski definition) is 1. The molecule has 1 heterocycles. The molecule has 0 bridgehead atoms. The van der Waals surface area contributed by atoms with E-state index in [9.17, 15) is 26.0 Å². The molecule has 0 saturated heterocycles. The maximum absolute atomic E-state index is 13.3. The van der Waals surface area contributed by atoms with Crippen LogP contribution in [0.25, 0.3) is 0 Å². The molecule has 1 aromatic heterocycles. The van der Waals surface area contributed by atoms with Crippen LogP contribution in [0.4, 0.5) is 17.6 Å². The lowest BCUT2D eigenvalue weighted by Gasteiger charge is -2.17. The molecule has 0 saturated carbocycles. The van der Waals surface area contributed by atoms with E-state index in [-0.39, 0.29) is 12.5 Å². The third kappa shape index (κ3) is 3.21. The average molecular weight is 304 g/mol. The normalized spacial score (nSPS) is 13.5. The molecule has 0 aromatic carbocycles. The van der Waals surface area contributed by atoms with E-state index in [2.05, 4.69) is 10.2 Å². The van der Waals surface area contributed by atoms with Crippen LogP contribution in [0.5, 0.6) is 0 Å². The summed E-state index contributed by atoms with van der Waals surface area (Å²) >= 11 is 0. The van der Waals surface area contributed by atoms with E-state index in [1.54, 1.807) is 13.8 Å². The number of primary sulfonamides is 1. The smallest absolute Gasteiger partial charge is 0.295 e. The number of nitrogens with zero attached hydrogens (tertiary/aromatic N) is 3. The molecule has 0 amide bonds. The van der Waals surface area contributed by atoms with E-state index >= 15 is 0 Å². The first-order valence-corrected chi connectivity index (χ1v) is 6.65. The summed E-state index contributed by atoms with van der Waals surface area (Å²) < 4.78 is 73.9. The van der Waals surface area contributed by atoms with Crippen LogP contribution in [-0.2, 0) is 22.5 Å². The van der Waals surface area contributed by atoms with Gasteiger partial charge in [0.2, 0.25) is 5.82 Å². The first-order valence-electron chi connectivity index (χ1n) is 5.10. The number of aromatic nitrogens is 3. The third-order valence-electron chi connectivity index (χ3n) is 2.09. The monoisotopic (exact) mass is 304 g/mol. The summed E-state index contributed by atoms with van der Waals surface area (Å²) in [5, 5.41) is 9.65. The number of halogens is 4. The van der Waals surface area contributed by atoms with E-state index in [4.69, 9.17) is 5.14 Å². The second-order valence-electron chi connectivity index (χ2n) is 4.28. The van der Waals surface area contributed by atoms with Crippen LogP contribution in [0.1, 0.15) is 19.7 Å². The van der Waals surface area contributed by atoms with E-state index in [1.165, 1.54) is 0 Å². The quantitative estimate of drug-likeness (QED) is 0.820. The van der Waals surface area contributed by atoms with Gasteiger partial charge in [0, 0.05) is 6.54 Å². The molecule has 110 valence electrons. The van der Waals surface area contributed by atoms with Crippen LogP contribution >= 0.6 is 0 Å². The van der Waals surface area contributed by atoms with Crippen molar-refractivity contribution in [2.24, 2.45) is 11.1 Å². The van der Waals surface area contributed by atoms with E-state index in [1.807, 2.05) is 0 Å². The Morgan fingerprint density at radius 2 is 1.84 bits per heavy atom. The maximum Gasteiger partial charge on any atom is 0.365 e.